The van der Waals surface area contributed by atoms with Gasteiger partial charge < -0.3 is 19.9 Å². The molecule has 0 amide bonds. The Morgan fingerprint density at radius 2 is 1.76 bits per heavy atom. The van der Waals surface area contributed by atoms with Gasteiger partial charge in [0.05, 0.1) is 22.9 Å². The maximum absolute atomic E-state index is 13.0. The molecule has 1 N–H and O–H groups in total. The second kappa shape index (κ2) is 13.6. The average Bonchev–Trinajstić information content (AvgIpc) is 2.79. The minimum absolute atomic E-state index is 0.0978. The van der Waals surface area contributed by atoms with Crippen molar-refractivity contribution in [2.24, 2.45) is 0 Å². The zero-order valence-corrected chi connectivity index (χ0v) is 21.1. The first-order valence-corrected chi connectivity index (χ1v) is 11.8. The average molecular weight is 514 g/mol. The van der Waals surface area contributed by atoms with Crippen LogP contribution in [0.15, 0.2) is 55.1 Å². The second-order valence-corrected chi connectivity index (χ2v) is 8.78. The predicted molar refractivity (Wildman–Crippen MR) is 139 cm³/mol. The van der Waals surface area contributed by atoms with E-state index in [1.807, 2.05) is 30.3 Å². The Kier molecular flexibility index (Phi) is 11.1. The highest BCUT2D eigenvalue weighted by molar-refractivity contribution is 7.80. The summed E-state index contributed by atoms with van der Waals surface area (Å²) in [5, 5.41) is 3.16. The molecule has 0 aliphatic heterocycles. The van der Waals surface area contributed by atoms with Crippen molar-refractivity contribution in [2.75, 3.05) is 44.0 Å². The van der Waals surface area contributed by atoms with Crippen LogP contribution in [0.4, 0.5) is 24.5 Å². The van der Waals surface area contributed by atoms with Crippen molar-refractivity contribution in [3.63, 3.8) is 0 Å². The van der Waals surface area contributed by atoms with E-state index in [9.17, 15) is 13.2 Å². The number of nitrogens with zero attached hydrogens (tertiary/aromatic N) is 2. The lowest BCUT2D eigenvalue weighted by atomic mass is 10.2. The molecule has 0 unspecified atom stereocenters. The van der Waals surface area contributed by atoms with E-state index in [2.05, 4.69) is 23.8 Å². The van der Waals surface area contributed by atoms with Crippen LogP contribution < -0.4 is 15.0 Å². The standard InChI is InChI=1S/C25H31ClF3N3OS/c1-4-15-31(2)16-7-5-6-8-17-33-21-12-10-20(11-13-21)32(3)24(34)30-23-18-19(25(27,28)29)9-14-22(23)26/h4,9-14,18H,1,5-8,15-17H2,2-3H3,(H,30,34). The summed E-state index contributed by atoms with van der Waals surface area (Å²) in [4.78, 5) is 3.90. The van der Waals surface area contributed by atoms with Gasteiger partial charge >= 0.3 is 6.18 Å². The van der Waals surface area contributed by atoms with Gasteiger partial charge in [-0.05, 0) is 81.1 Å². The number of likely N-dealkylation sites (N-methyl/N-ethyl adjacent to an activating group) is 1. The zero-order valence-electron chi connectivity index (χ0n) is 19.5. The number of benzene rings is 2. The highest BCUT2D eigenvalue weighted by Crippen LogP contribution is 2.34. The highest BCUT2D eigenvalue weighted by atomic mass is 35.5. The Morgan fingerprint density at radius 3 is 2.41 bits per heavy atom. The first-order chi connectivity index (χ1) is 16.1. The molecule has 186 valence electrons. The SMILES string of the molecule is C=CCN(C)CCCCCCOc1ccc(N(C)C(=S)Nc2cc(C(F)(F)F)ccc2Cl)cc1. The van der Waals surface area contributed by atoms with E-state index in [0.29, 0.717) is 6.61 Å². The van der Waals surface area contributed by atoms with Gasteiger partial charge in [0.2, 0.25) is 0 Å². The van der Waals surface area contributed by atoms with Crippen LogP contribution in [0.25, 0.3) is 0 Å². The van der Waals surface area contributed by atoms with Crippen molar-refractivity contribution in [2.45, 2.75) is 31.9 Å². The number of unbranched alkanes of at least 4 members (excludes halogenated alkanes) is 3. The number of rotatable bonds is 12. The van der Waals surface area contributed by atoms with Crippen LogP contribution in [0.3, 0.4) is 0 Å². The van der Waals surface area contributed by atoms with Gasteiger partial charge in [-0.2, -0.15) is 13.2 Å². The molecular formula is C25H31ClF3N3OS. The van der Waals surface area contributed by atoms with E-state index < -0.39 is 11.7 Å². The van der Waals surface area contributed by atoms with E-state index in [0.717, 1.165) is 62.3 Å². The Bertz CT molecular complexity index is 938. The van der Waals surface area contributed by atoms with E-state index in [1.54, 1.807) is 11.9 Å². The molecule has 2 rings (SSSR count). The van der Waals surface area contributed by atoms with Crippen LogP contribution in [-0.4, -0.2) is 43.8 Å². The largest absolute Gasteiger partial charge is 0.494 e. The van der Waals surface area contributed by atoms with Gasteiger partial charge in [0.25, 0.3) is 0 Å². The lowest BCUT2D eigenvalue weighted by molar-refractivity contribution is -0.137. The smallest absolute Gasteiger partial charge is 0.416 e. The van der Waals surface area contributed by atoms with Gasteiger partial charge in [0.1, 0.15) is 5.75 Å². The first kappa shape index (κ1) is 28.0. The normalized spacial score (nSPS) is 11.4. The second-order valence-electron chi connectivity index (χ2n) is 7.99. The molecule has 0 spiro atoms. The van der Waals surface area contributed by atoms with Crippen molar-refractivity contribution in [3.8, 4) is 5.75 Å². The van der Waals surface area contributed by atoms with Gasteiger partial charge in [-0.15, -0.1) is 6.58 Å². The number of thiocarbonyl (C=S) groups is 1. The first-order valence-electron chi connectivity index (χ1n) is 11.1. The molecule has 0 bridgehead atoms. The number of halogens is 4. The number of nitrogens with one attached hydrogen (secondary N) is 1. The summed E-state index contributed by atoms with van der Waals surface area (Å²) >= 11 is 11.4. The van der Waals surface area contributed by atoms with Crippen LogP contribution in [-0.2, 0) is 6.18 Å². The van der Waals surface area contributed by atoms with Crippen molar-refractivity contribution >= 4 is 40.3 Å². The summed E-state index contributed by atoms with van der Waals surface area (Å²) in [7, 11) is 3.81. The molecule has 0 aromatic heterocycles. The Morgan fingerprint density at radius 1 is 1.09 bits per heavy atom. The fraction of sp³-hybridized carbons (Fsp3) is 0.400. The summed E-state index contributed by atoms with van der Waals surface area (Å²) in [6.07, 6.45) is 1.86. The minimum Gasteiger partial charge on any atom is -0.494 e. The molecule has 0 atom stereocenters. The molecule has 2 aromatic carbocycles. The molecule has 0 heterocycles. The summed E-state index contributed by atoms with van der Waals surface area (Å²) in [6.45, 7) is 6.37. The van der Waals surface area contributed by atoms with Crippen LogP contribution in [0.5, 0.6) is 5.75 Å². The fourth-order valence-electron chi connectivity index (χ4n) is 3.22. The number of anilines is 2. The Balaban J connectivity index is 1.80. The van der Waals surface area contributed by atoms with Crippen molar-refractivity contribution in [1.29, 1.82) is 0 Å². The van der Waals surface area contributed by atoms with Crippen molar-refractivity contribution < 1.29 is 17.9 Å². The van der Waals surface area contributed by atoms with Gasteiger partial charge in [-0.25, -0.2) is 0 Å². The molecule has 0 saturated carbocycles. The number of alkyl halides is 3. The van der Waals surface area contributed by atoms with E-state index in [4.69, 9.17) is 28.6 Å². The minimum atomic E-state index is -4.47. The molecule has 0 aliphatic rings. The molecule has 0 radical (unpaired) electrons. The lowest BCUT2D eigenvalue weighted by Gasteiger charge is -2.22. The third kappa shape index (κ3) is 9.16. The number of ether oxygens (including phenoxy) is 1. The van der Waals surface area contributed by atoms with Crippen LogP contribution in [0, 0.1) is 0 Å². The van der Waals surface area contributed by atoms with Gasteiger partial charge in [0, 0.05) is 19.3 Å². The predicted octanol–water partition coefficient (Wildman–Crippen LogP) is 7.25. The lowest BCUT2D eigenvalue weighted by Crippen LogP contribution is -2.31. The molecule has 0 fully saturated rings. The maximum Gasteiger partial charge on any atom is 0.416 e. The third-order valence-electron chi connectivity index (χ3n) is 5.21. The summed E-state index contributed by atoms with van der Waals surface area (Å²) < 4.78 is 44.8. The van der Waals surface area contributed by atoms with E-state index in [1.165, 1.54) is 6.07 Å². The molecule has 0 aliphatic carbocycles. The third-order valence-corrected chi connectivity index (χ3v) is 5.91. The van der Waals surface area contributed by atoms with Gasteiger partial charge in [-0.1, -0.05) is 30.5 Å². The van der Waals surface area contributed by atoms with Gasteiger partial charge in [-0.3, -0.25) is 0 Å². The molecule has 34 heavy (non-hydrogen) atoms. The van der Waals surface area contributed by atoms with Crippen molar-refractivity contribution in [1.82, 2.24) is 4.90 Å². The van der Waals surface area contributed by atoms with Crippen LogP contribution in [0.1, 0.15) is 31.2 Å². The summed E-state index contributed by atoms with van der Waals surface area (Å²) in [5.41, 5.74) is 0.0589. The fourth-order valence-corrected chi connectivity index (χ4v) is 3.60. The van der Waals surface area contributed by atoms with Crippen LogP contribution in [0.2, 0.25) is 5.02 Å². The number of hydrogen-bond donors (Lipinski definition) is 1. The molecule has 9 heteroatoms. The quantitative estimate of drug-likeness (QED) is 0.183. The monoisotopic (exact) mass is 513 g/mol. The molecule has 2 aromatic rings. The zero-order chi connectivity index (χ0) is 25.1. The Labute approximate surface area is 210 Å². The van der Waals surface area contributed by atoms with E-state index >= 15 is 0 Å². The maximum atomic E-state index is 13.0. The summed E-state index contributed by atoms with van der Waals surface area (Å²) in [6, 6.07) is 10.4. The van der Waals surface area contributed by atoms with Crippen molar-refractivity contribution in [3.05, 3.63) is 65.7 Å². The molecular weight excluding hydrogens is 483 g/mol. The van der Waals surface area contributed by atoms with Crippen LogP contribution >= 0.6 is 23.8 Å². The summed E-state index contributed by atoms with van der Waals surface area (Å²) in [5.74, 6) is 0.752. The van der Waals surface area contributed by atoms with E-state index in [-0.39, 0.29) is 15.8 Å². The number of hydrogen-bond acceptors (Lipinski definition) is 3. The molecule has 0 saturated heterocycles. The topological polar surface area (TPSA) is 27.7 Å². The Hall–Kier alpha value is -2.29. The highest BCUT2D eigenvalue weighted by Gasteiger charge is 2.31. The molecule has 4 nitrogen and oxygen atoms in total. The van der Waals surface area contributed by atoms with Gasteiger partial charge in [0.15, 0.2) is 5.11 Å².